The number of halogens is 1. The van der Waals surface area contributed by atoms with Crippen molar-refractivity contribution in [3.8, 4) is 11.5 Å². The number of carbonyl (C=O) groups is 1. The highest BCUT2D eigenvalue weighted by molar-refractivity contribution is 5.85. The number of ether oxygens (including phenoxy) is 2. The number of hydrogen-bond acceptors (Lipinski definition) is 4. The summed E-state index contributed by atoms with van der Waals surface area (Å²) in [5.74, 6) is 1.91. The molecule has 1 aromatic carbocycles. The maximum absolute atomic E-state index is 12.4. The van der Waals surface area contributed by atoms with Crippen LogP contribution in [-0.4, -0.2) is 30.2 Å². The molecule has 0 aliphatic carbocycles. The smallest absolute Gasteiger partial charge is 0.239 e. The largest absolute Gasteiger partial charge is 0.454 e. The molecule has 124 valence electrons. The SMILES string of the molecule is CCN(Cc1ccc2c(c1)OCO2)C(=O)[C@@H](N)CC(C)C.Cl. The first kappa shape index (κ1) is 18.6. The van der Waals surface area contributed by atoms with Gasteiger partial charge < -0.3 is 20.1 Å². The third-order valence-corrected chi connectivity index (χ3v) is 3.55. The van der Waals surface area contributed by atoms with E-state index in [9.17, 15) is 4.79 Å². The topological polar surface area (TPSA) is 64.8 Å². The standard InChI is InChI=1S/C16H24N2O3.ClH/c1-4-18(16(19)13(17)7-11(2)3)9-12-5-6-14-15(8-12)21-10-20-14;/h5-6,8,11,13H,4,7,9-10,17H2,1-3H3;1H/t13-;/m0./s1. The molecule has 0 radical (unpaired) electrons. The van der Waals surface area contributed by atoms with E-state index in [1.165, 1.54) is 0 Å². The number of rotatable bonds is 6. The molecule has 1 aromatic rings. The lowest BCUT2D eigenvalue weighted by Gasteiger charge is -2.25. The zero-order chi connectivity index (χ0) is 15.4. The van der Waals surface area contributed by atoms with Crippen LogP contribution in [0.3, 0.4) is 0 Å². The lowest BCUT2D eigenvalue weighted by molar-refractivity contribution is -0.133. The van der Waals surface area contributed by atoms with E-state index in [0.29, 0.717) is 25.4 Å². The quantitative estimate of drug-likeness (QED) is 0.871. The molecule has 1 aliphatic rings. The van der Waals surface area contributed by atoms with Gasteiger partial charge in [-0.2, -0.15) is 0 Å². The van der Waals surface area contributed by atoms with Gasteiger partial charge in [-0.05, 0) is 37.0 Å². The zero-order valence-corrected chi connectivity index (χ0v) is 14.2. The average molecular weight is 329 g/mol. The van der Waals surface area contributed by atoms with Crippen molar-refractivity contribution >= 4 is 18.3 Å². The Morgan fingerprint density at radius 3 is 2.64 bits per heavy atom. The molecule has 1 aliphatic heterocycles. The lowest BCUT2D eigenvalue weighted by Crippen LogP contribution is -2.43. The highest BCUT2D eigenvalue weighted by Gasteiger charge is 2.22. The highest BCUT2D eigenvalue weighted by atomic mass is 35.5. The monoisotopic (exact) mass is 328 g/mol. The number of nitrogens with zero attached hydrogens (tertiary/aromatic N) is 1. The van der Waals surface area contributed by atoms with Gasteiger partial charge in [0.25, 0.3) is 0 Å². The second kappa shape index (κ2) is 8.25. The summed E-state index contributed by atoms with van der Waals surface area (Å²) in [7, 11) is 0. The first-order valence-electron chi connectivity index (χ1n) is 7.44. The molecule has 6 heteroatoms. The molecule has 1 atom stereocenters. The molecule has 0 saturated carbocycles. The Labute approximate surface area is 138 Å². The van der Waals surface area contributed by atoms with Crippen LogP contribution < -0.4 is 15.2 Å². The fraction of sp³-hybridized carbons (Fsp3) is 0.562. The summed E-state index contributed by atoms with van der Waals surface area (Å²) in [6.45, 7) is 7.54. The molecular formula is C16H25ClN2O3. The minimum absolute atomic E-state index is 0. The van der Waals surface area contributed by atoms with Crippen LogP contribution in [0.25, 0.3) is 0 Å². The van der Waals surface area contributed by atoms with Gasteiger partial charge in [-0.1, -0.05) is 19.9 Å². The Morgan fingerprint density at radius 1 is 1.32 bits per heavy atom. The van der Waals surface area contributed by atoms with Crippen molar-refractivity contribution in [3.05, 3.63) is 23.8 Å². The van der Waals surface area contributed by atoms with E-state index >= 15 is 0 Å². The van der Waals surface area contributed by atoms with E-state index in [1.807, 2.05) is 25.1 Å². The van der Waals surface area contributed by atoms with Crippen molar-refractivity contribution in [1.82, 2.24) is 4.90 Å². The molecule has 1 heterocycles. The second-order valence-electron chi connectivity index (χ2n) is 5.78. The molecular weight excluding hydrogens is 304 g/mol. The summed E-state index contributed by atoms with van der Waals surface area (Å²) in [5, 5.41) is 0. The molecule has 0 saturated heterocycles. The fourth-order valence-electron chi connectivity index (χ4n) is 2.45. The minimum Gasteiger partial charge on any atom is -0.454 e. The lowest BCUT2D eigenvalue weighted by atomic mass is 10.0. The van der Waals surface area contributed by atoms with Crippen molar-refractivity contribution in [2.45, 2.75) is 39.8 Å². The second-order valence-corrected chi connectivity index (χ2v) is 5.78. The van der Waals surface area contributed by atoms with Crippen LogP contribution in [0, 0.1) is 5.92 Å². The number of carbonyl (C=O) groups excluding carboxylic acids is 1. The molecule has 5 nitrogen and oxygen atoms in total. The predicted octanol–water partition coefficient (Wildman–Crippen LogP) is 2.56. The van der Waals surface area contributed by atoms with Crippen molar-refractivity contribution in [1.29, 1.82) is 0 Å². The number of likely N-dealkylation sites (N-methyl/N-ethyl adjacent to an activating group) is 1. The summed E-state index contributed by atoms with van der Waals surface area (Å²) < 4.78 is 10.7. The van der Waals surface area contributed by atoms with Crippen LogP contribution in [0.1, 0.15) is 32.8 Å². The molecule has 0 spiro atoms. The van der Waals surface area contributed by atoms with Crippen LogP contribution in [0.5, 0.6) is 11.5 Å². The van der Waals surface area contributed by atoms with Gasteiger partial charge in [0.2, 0.25) is 12.7 Å². The molecule has 0 bridgehead atoms. The van der Waals surface area contributed by atoms with Crippen LogP contribution in [0.4, 0.5) is 0 Å². The molecule has 1 amide bonds. The van der Waals surface area contributed by atoms with E-state index in [4.69, 9.17) is 15.2 Å². The van der Waals surface area contributed by atoms with Crippen molar-refractivity contribution in [2.75, 3.05) is 13.3 Å². The van der Waals surface area contributed by atoms with Crippen molar-refractivity contribution < 1.29 is 14.3 Å². The van der Waals surface area contributed by atoms with Crippen molar-refractivity contribution in [3.63, 3.8) is 0 Å². The number of benzene rings is 1. The Hall–Kier alpha value is -1.46. The van der Waals surface area contributed by atoms with Gasteiger partial charge in [-0.15, -0.1) is 12.4 Å². The van der Waals surface area contributed by atoms with Gasteiger partial charge in [0, 0.05) is 13.1 Å². The average Bonchev–Trinajstić information content (AvgIpc) is 2.90. The molecule has 2 N–H and O–H groups in total. The maximum Gasteiger partial charge on any atom is 0.239 e. The van der Waals surface area contributed by atoms with Gasteiger partial charge in [0.05, 0.1) is 6.04 Å². The van der Waals surface area contributed by atoms with Gasteiger partial charge in [0.15, 0.2) is 11.5 Å². The van der Waals surface area contributed by atoms with Gasteiger partial charge >= 0.3 is 0 Å². The number of hydrogen-bond donors (Lipinski definition) is 1. The van der Waals surface area contributed by atoms with E-state index < -0.39 is 6.04 Å². The molecule has 0 unspecified atom stereocenters. The van der Waals surface area contributed by atoms with E-state index in [2.05, 4.69) is 13.8 Å². The number of fused-ring (bicyclic) bond motifs is 1. The Kier molecular flexibility index (Phi) is 6.97. The third kappa shape index (κ3) is 4.52. The highest BCUT2D eigenvalue weighted by Crippen LogP contribution is 2.32. The predicted molar refractivity (Wildman–Crippen MR) is 88.3 cm³/mol. The Balaban J connectivity index is 0.00000242. The first-order chi connectivity index (χ1) is 10.0. The van der Waals surface area contributed by atoms with E-state index in [-0.39, 0.29) is 25.1 Å². The normalized spacial score (nSPS) is 13.7. The van der Waals surface area contributed by atoms with Gasteiger partial charge in [0.1, 0.15) is 0 Å². The third-order valence-electron chi connectivity index (χ3n) is 3.55. The molecule has 22 heavy (non-hydrogen) atoms. The van der Waals surface area contributed by atoms with Crippen LogP contribution in [0.2, 0.25) is 0 Å². The van der Waals surface area contributed by atoms with Gasteiger partial charge in [-0.25, -0.2) is 0 Å². The number of amides is 1. The summed E-state index contributed by atoms with van der Waals surface area (Å²) in [6.07, 6.45) is 0.705. The van der Waals surface area contributed by atoms with Crippen LogP contribution >= 0.6 is 12.4 Å². The van der Waals surface area contributed by atoms with E-state index in [1.54, 1.807) is 4.90 Å². The molecule has 2 rings (SSSR count). The Morgan fingerprint density at radius 2 is 2.00 bits per heavy atom. The van der Waals surface area contributed by atoms with Crippen LogP contribution in [-0.2, 0) is 11.3 Å². The Bertz CT molecular complexity index is 508. The zero-order valence-electron chi connectivity index (χ0n) is 13.4. The summed E-state index contributed by atoms with van der Waals surface area (Å²) in [4.78, 5) is 14.2. The van der Waals surface area contributed by atoms with Gasteiger partial charge in [-0.3, -0.25) is 4.79 Å². The summed E-state index contributed by atoms with van der Waals surface area (Å²) in [5.41, 5.74) is 7.02. The molecule has 0 fully saturated rings. The van der Waals surface area contributed by atoms with Crippen molar-refractivity contribution in [2.24, 2.45) is 11.7 Å². The minimum atomic E-state index is -0.432. The first-order valence-corrected chi connectivity index (χ1v) is 7.44. The maximum atomic E-state index is 12.4. The summed E-state index contributed by atoms with van der Waals surface area (Å²) in [6, 6.07) is 5.33. The summed E-state index contributed by atoms with van der Waals surface area (Å²) >= 11 is 0. The van der Waals surface area contributed by atoms with Crippen LogP contribution in [0.15, 0.2) is 18.2 Å². The molecule has 0 aromatic heterocycles. The van der Waals surface area contributed by atoms with E-state index in [0.717, 1.165) is 17.1 Å². The number of nitrogens with two attached hydrogens (primary N) is 1. The fourth-order valence-corrected chi connectivity index (χ4v) is 2.45.